The highest BCUT2D eigenvalue weighted by atomic mass is 16.3. The van der Waals surface area contributed by atoms with Gasteiger partial charge in [0.1, 0.15) is 0 Å². The van der Waals surface area contributed by atoms with Gasteiger partial charge in [-0.15, -0.1) is 0 Å². The first-order chi connectivity index (χ1) is 5.33. The van der Waals surface area contributed by atoms with E-state index in [0.717, 1.165) is 32.4 Å². The van der Waals surface area contributed by atoms with Crippen molar-refractivity contribution < 1.29 is 10.2 Å². The fourth-order valence-corrected chi connectivity index (χ4v) is 1.58. The zero-order valence-corrected chi connectivity index (χ0v) is 6.79. The average Bonchev–Trinajstić information content (AvgIpc) is 2.06. The van der Waals surface area contributed by atoms with Crippen LogP contribution in [0.3, 0.4) is 0 Å². The molecule has 1 aliphatic heterocycles. The molecule has 1 fully saturated rings. The molecule has 3 heteroatoms. The van der Waals surface area contributed by atoms with Crippen LogP contribution in [0.5, 0.6) is 0 Å². The monoisotopic (exact) mass is 159 g/mol. The summed E-state index contributed by atoms with van der Waals surface area (Å²) in [6.45, 7) is 2.02. The molecule has 0 aromatic carbocycles. The van der Waals surface area contributed by atoms with Gasteiger partial charge in [0.25, 0.3) is 0 Å². The number of piperidine rings is 1. The number of nitrogens with one attached hydrogen (secondary N) is 1. The van der Waals surface area contributed by atoms with E-state index < -0.39 is 6.10 Å². The van der Waals surface area contributed by atoms with E-state index in [-0.39, 0.29) is 6.61 Å². The normalized spacial score (nSPS) is 23.5. The Balaban J connectivity index is 2.13. The summed E-state index contributed by atoms with van der Waals surface area (Å²) < 4.78 is 0. The summed E-state index contributed by atoms with van der Waals surface area (Å²) in [7, 11) is 0. The molecule has 0 amide bonds. The van der Waals surface area contributed by atoms with Crippen LogP contribution in [0.15, 0.2) is 0 Å². The van der Waals surface area contributed by atoms with Crippen LogP contribution in [-0.2, 0) is 0 Å². The molecule has 1 saturated heterocycles. The van der Waals surface area contributed by atoms with Crippen molar-refractivity contribution in [2.45, 2.75) is 25.4 Å². The third kappa shape index (κ3) is 3.18. The SMILES string of the molecule is OC[C@H](O)CC1CCNCC1. The Morgan fingerprint density at radius 3 is 2.55 bits per heavy atom. The minimum absolute atomic E-state index is 0.0933. The zero-order valence-electron chi connectivity index (χ0n) is 6.79. The Morgan fingerprint density at radius 2 is 2.00 bits per heavy atom. The van der Waals surface area contributed by atoms with E-state index in [9.17, 15) is 0 Å². The maximum absolute atomic E-state index is 9.14. The number of aliphatic hydroxyl groups excluding tert-OH is 2. The van der Waals surface area contributed by atoms with Gasteiger partial charge in [0, 0.05) is 0 Å². The van der Waals surface area contributed by atoms with E-state index in [1.165, 1.54) is 0 Å². The van der Waals surface area contributed by atoms with Gasteiger partial charge in [0.05, 0.1) is 12.7 Å². The molecule has 3 N–H and O–H groups in total. The van der Waals surface area contributed by atoms with E-state index in [1.807, 2.05) is 0 Å². The molecule has 0 aliphatic carbocycles. The van der Waals surface area contributed by atoms with Crippen LogP contribution in [0, 0.1) is 5.92 Å². The van der Waals surface area contributed by atoms with Crippen LogP contribution in [0.1, 0.15) is 19.3 Å². The largest absolute Gasteiger partial charge is 0.394 e. The maximum atomic E-state index is 9.14. The van der Waals surface area contributed by atoms with Crippen LogP contribution >= 0.6 is 0 Å². The Hall–Kier alpha value is -0.120. The minimum atomic E-state index is -0.502. The topological polar surface area (TPSA) is 52.5 Å². The smallest absolute Gasteiger partial charge is 0.0773 e. The molecule has 0 spiro atoms. The lowest BCUT2D eigenvalue weighted by molar-refractivity contribution is 0.0692. The number of hydrogen-bond donors (Lipinski definition) is 3. The molecule has 0 saturated carbocycles. The molecule has 1 heterocycles. The van der Waals surface area contributed by atoms with Gasteiger partial charge in [-0.05, 0) is 38.3 Å². The van der Waals surface area contributed by atoms with Gasteiger partial charge in [-0.1, -0.05) is 0 Å². The van der Waals surface area contributed by atoms with Crippen LogP contribution < -0.4 is 5.32 Å². The van der Waals surface area contributed by atoms with Gasteiger partial charge >= 0.3 is 0 Å². The van der Waals surface area contributed by atoms with Gasteiger partial charge in [-0.3, -0.25) is 0 Å². The number of rotatable bonds is 3. The van der Waals surface area contributed by atoms with Crippen LogP contribution in [0.4, 0.5) is 0 Å². The molecule has 1 rings (SSSR count). The van der Waals surface area contributed by atoms with Crippen molar-refractivity contribution in [3.05, 3.63) is 0 Å². The van der Waals surface area contributed by atoms with Crippen LogP contribution in [0.2, 0.25) is 0 Å². The molecule has 0 unspecified atom stereocenters. The van der Waals surface area contributed by atoms with Gasteiger partial charge in [-0.25, -0.2) is 0 Å². The van der Waals surface area contributed by atoms with E-state index in [1.54, 1.807) is 0 Å². The highest BCUT2D eigenvalue weighted by Crippen LogP contribution is 2.17. The first kappa shape index (κ1) is 8.97. The highest BCUT2D eigenvalue weighted by Gasteiger charge is 2.16. The van der Waals surface area contributed by atoms with Crippen LogP contribution in [-0.4, -0.2) is 36.0 Å². The predicted octanol–water partition coefficient (Wildman–Crippen LogP) is -0.271. The van der Waals surface area contributed by atoms with Crippen molar-refractivity contribution in [3.8, 4) is 0 Å². The van der Waals surface area contributed by atoms with E-state index in [0.29, 0.717) is 5.92 Å². The van der Waals surface area contributed by atoms with E-state index >= 15 is 0 Å². The standard InChI is InChI=1S/C8H17NO2/c10-6-8(11)5-7-1-3-9-4-2-7/h7-11H,1-6H2/t8-/m1/s1. The number of aliphatic hydroxyl groups is 2. The summed E-state index contributed by atoms with van der Waals surface area (Å²) >= 11 is 0. The highest BCUT2D eigenvalue weighted by molar-refractivity contribution is 4.71. The molecular formula is C8H17NO2. The first-order valence-corrected chi connectivity index (χ1v) is 4.32. The minimum Gasteiger partial charge on any atom is -0.394 e. The van der Waals surface area contributed by atoms with Gasteiger partial charge in [0.2, 0.25) is 0 Å². The first-order valence-electron chi connectivity index (χ1n) is 4.32. The van der Waals surface area contributed by atoms with E-state index in [4.69, 9.17) is 10.2 Å². The van der Waals surface area contributed by atoms with Gasteiger partial charge < -0.3 is 15.5 Å². The van der Waals surface area contributed by atoms with Crippen molar-refractivity contribution in [2.75, 3.05) is 19.7 Å². The van der Waals surface area contributed by atoms with Crippen molar-refractivity contribution >= 4 is 0 Å². The maximum Gasteiger partial charge on any atom is 0.0773 e. The van der Waals surface area contributed by atoms with Gasteiger partial charge in [-0.2, -0.15) is 0 Å². The van der Waals surface area contributed by atoms with E-state index in [2.05, 4.69) is 5.32 Å². The molecule has 0 aromatic rings. The molecule has 1 aliphatic rings. The molecule has 1 atom stereocenters. The quantitative estimate of drug-likeness (QED) is 0.531. The van der Waals surface area contributed by atoms with Crippen molar-refractivity contribution in [3.63, 3.8) is 0 Å². The lowest BCUT2D eigenvalue weighted by Crippen LogP contribution is -2.30. The molecule has 66 valence electrons. The van der Waals surface area contributed by atoms with Crippen LogP contribution in [0.25, 0.3) is 0 Å². The molecule has 0 radical (unpaired) electrons. The summed E-state index contributed by atoms with van der Waals surface area (Å²) in [4.78, 5) is 0. The second-order valence-corrected chi connectivity index (χ2v) is 3.27. The fraction of sp³-hybridized carbons (Fsp3) is 1.00. The second kappa shape index (κ2) is 4.70. The Morgan fingerprint density at radius 1 is 1.36 bits per heavy atom. The number of hydrogen-bond acceptors (Lipinski definition) is 3. The predicted molar refractivity (Wildman–Crippen MR) is 43.3 cm³/mol. The van der Waals surface area contributed by atoms with Crippen molar-refractivity contribution in [1.29, 1.82) is 0 Å². The molecular weight excluding hydrogens is 142 g/mol. The lowest BCUT2D eigenvalue weighted by atomic mass is 9.92. The summed E-state index contributed by atoms with van der Waals surface area (Å²) in [6, 6.07) is 0. The Kier molecular flexibility index (Phi) is 3.83. The Bertz CT molecular complexity index is 102. The zero-order chi connectivity index (χ0) is 8.10. The summed E-state index contributed by atoms with van der Waals surface area (Å²) in [6.07, 6.45) is 2.53. The van der Waals surface area contributed by atoms with Gasteiger partial charge in [0.15, 0.2) is 0 Å². The summed E-state index contributed by atoms with van der Waals surface area (Å²) in [5.74, 6) is 0.610. The van der Waals surface area contributed by atoms with Crippen molar-refractivity contribution in [2.24, 2.45) is 5.92 Å². The lowest BCUT2D eigenvalue weighted by Gasteiger charge is -2.23. The average molecular weight is 159 g/mol. The Labute approximate surface area is 67.4 Å². The third-order valence-electron chi connectivity index (χ3n) is 2.27. The second-order valence-electron chi connectivity index (χ2n) is 3.27. The molecule has 11 heavy (non-hydrogen) atoms. The summed E-state index contributed by atoms with van der Waals surface area (Å²) in [5, 5.41) is 21.0. The molecule has 3 nitrogen and oxygen atoms in total. The molecule has 0 bridgehead atoms. The summed E-state index contributed by atoms with van der Waals surface area (Å²) in [5.41, 5.74) is 0. The van der Waals surface area contributed by atoms with Crippen molar-refractivity contribution in [1.82, 2.24) is 5.32 Å². The molecule has 0 aromatic heterocycles. The third-order valence-corrected chi connectivity index (χ3v) is 2.27. The fourth-order valence-electron chi connectivity index (χ4n) is 1.58.